The molecule has 1 fully saturated rings. The average Bonchev–Trinajstić information content (AvgIpc) is 2.63. The van der Waals surface area contributed by atoms with Gasteiger partial charge >= 0.3 is 0 Å². The summed E-state index contributed by atoms with van der Waals surface area (Å²) >= 11 is 0. The molecule has 0 spiro atoms. The van der Waals surface area contributed by atoms with E-state index >= 15 is 0 Å². The number of hydrogen-bond acceptors (Lipinski definition) is 3. The Bertz CT molecular complexity index is 271. The lowest BCUT2D eigenvalue weighted by atomic mass is 9.99. The van der Waals surface area contributed by atoms with Gasteiger partial charge in [0.1, 0.15) is 0 Å². The molecule has 0 aromatic rings. The van der Waals surface area contributed by atoms with Crippen LogP contribution in [0.3, 0.4) is 0 Å². The molecule has 0 bridgehead atoms. The summed E-state index contributed by atoms with van der Waals surface area (Å²) < 4.78 is 5.56. The van der Waals surface area contributed by atoms with Crippen molar-refractivity contribution in [1.82, 2.24) is 10.2 Å². The summed E-state index contributed by atoms with van der Waals surface area (Å²) in [6.07, 6.45) is 4.18. The molecule has 1 saturated heterocycles. The highest BCUT2D eigenvalue weighted by atomic mass is 16.5. The van der Waals surface area contributed by atoms with E-state index in [0.29, 0.717) is 13.2 Å². The summed E-state index contributed by atoms with van der Waals surface area (Å²) in [5.74, 6) is 0.218. The smallest absolute Gasteiger partial charge is 0.243 e. The molecule has 0 aliphatic carbocycles. The third-order valence-corrected chi connectivity index (χ3v) is 3.81. The summed E-state index contributed by atoms with van der Waals surface area (Å²) in [6, 6.07) is 0. The van der Waals surface area contributed by atoms with E-state index in [4.69, 9.17) is 4.74 Å². The minimum absolute atomic E-state index is 0.164. The first-order valence-electron chi connectivity index (χ1n) is 7.25. The van der Waals surface area contributed by atoms with Crippen molar-refractivity contribution in [3.8, 4) is 0 Å². The van der Waals surface area contributed by atoms with Crippen molar-refractivity contribution in [3.05, 3.63) is 0 Å². The summed E-state index contributed by atoms with van der Waals surface area (Å²) in [4.78, 5) is 14.3. The van der Waals surface area contributed by atoms with Crippen molar-refractivity contribution >= 4 is 5.91 Å². The van der Waals surface area contributed by atoms with Gasteiger partial charge in [-0.2, -0.15) is 0 Å². The van der Waals surface area contributed by atoms with Gasteiger partial charge in [0.2, 0.25) is 5.91 Å². The molecule has 0 radical (unpaired) electrons. The molecule has 1 aliphatic rings. The number of rotatable bonds is 8. The second-order valence-corrected chi connectivity index (χ2v) is 5.22. The normalized spacial score (nSPS) is 28.1. The average molecular weight is 256 g/mol. The molecule has 4 nitrogen and oxygen atoms in total. The fourth-order valence-electron chi connectivity index (χ4n) is 2.31. The van der Waals surface area contributed by atoms with Crippen LogP contribution in [0.4, 0.5) is 0 Å². The first-order chi connectivity index (χ1) is 8.59. The molecule has 18 heavy (non-hydrogen) atoms. The van der Waals surface area contributed by atoms with Gasteiger partial charge in [-0.25, -0.2) is 0 Å². The SMILES string of the molecule is CCCCOCCN1C(=O)C(C)(CC)NC1CC. The van der Waals surface area contributed by atoms with Crippen LogP contribution in [-0.4, -0.2) is 42.3 Å². The van der Waals surface area contributed by atoms with E-state index in [1.807, 2.05) is 11.8 Å². The number of hydrogen-bond donors (Lipinski definition) is 1. The van der Waals surface area contributed by atoms with Crippen LogP contribution in [0.5, 0.6) is 0 Å². The van der Waals surface area contributed by atoms with Crippen LogP contribution in [0.1, 0.15) is 53.4 Å². The fraction of sp³-hybridized carbons (Fsp3) is 0.929. The van der Waals surface area contributed by atoms with Crippen LogP contribution in [0.15, 0.2) is 0 Å². The molecule has 106 valence electrons. The van der Waals surface area contributed by atoms with E-state index in [9.17, 15) is 4.79 Å². The highest BCUT2D eigenvalue weighted by Crippen LogP contribution is 2.24. The lowest BCUT2D eigenvalue weighted by molar-refractivity contribution is -0.133. The predicted molar refractivity (Wildman–Crippen MR) is 73.4 cm³/mol. The Balaban J connectivity index is 2.45. The maximum Gasteiger partial charge on any atom is 0.243 e. The minimum Gasteiger partial charge on any atom is -0.380 e. The van der Waals surface area contributed by atoms with Crippen molar-refractivity contribution < 1.29 is 9.53 Å². The van der Waals surface area contributed by atoms with Crippen molar-refractivity contribution in [3.63, 3.8) is 0 Å². The molecule has 1 N–H and O–H groups in total. The quantitative estimate of drug-likeness (QED) is 0.677. The number of carbonyl (C=O) groups is 1. The van der Waals surface area contributed by atoms with Crippen molar-refractivity contribution in [2.24, 2.45) is 0 Å². The summed E-state index contributed by atoms with van der Waals surface area (Å²) in [6.45, 7) is 10.4. The van der Waals surface area contributed by atoms with Gasteiger partial charge < -0.3 is 9.64 Å². The zero-order chi connectivity index (χ0) is 13.6. The molecule has 1 rings (SSSR count). The van der Waals surface area contributed by atoms with Crippen molar-refractivity contribution in [1.29, 1.82) is 0 Å². The third-order valence-electron chi connectivity index (χ3n) is 3.81. The lowest BCUT2D eigenvalue weighted by Crippen LogP contribution is -2.43. The molecular formula is C14H28N2O2. The van der Waals surface area contributed by atoms with Crippen molar-refractivity contribution in [2.45, 2.75) is 65.1 Å². The van der Waals surface area contributed by atoms with E-state index in [1.165, 1.54) is 0 Å². The van der Waals surface area contributed by atoms with E-state index < -0.39 is 0 Å². The molecule has 1 heterocycles. The molecule has 4 heteroatoms. The van der Waals surface area contributed by atoms with E-state index in [-0.39, 0.29) is 17.6 Å². The number of unbranched alkanes of at least 4 members (excludes halogenated alkanes) is 1. The Morgan fingerprint density at radius 2 is 2.06 bits per heavy atom. The molecule has 1 aliphatic heterocycles. The molecule has 0 aromatic heterocycles. The van der Waals surface area contributed by atoms with Crippen LogP contribution < -0.4 is 5.32 Å². The topological polar surface area (TPSA) is 41.6 Å². The summed E-state index contributed by atoms with van der Waals surface area (Å²) in [7, 11) is 0. The van der Waals surface area contributed by atoms with Crippen LogP contribution in [-0.2, 0) is 9.53 Å². The number of nitrogens with zero attached hydrogens (tertiary/aromatic N) is 1. The lowest BCUT2D eigenvalue weighted by Gasteiger charge is -2.23. The number of nitrogens with one attached hydrogen (secondary N) is 1. The number of carbonyl (C=O) groups excluding carboxylic acids is 1. The van der Waals surface area contributed by atoms with Gasteiger partial charge in [-0.05, 0) is 26.2 Å². The summed E-state index contributed by atoms with van der Waals surface area (Å²) in [5, 5.41) is 3.44. The van der Waals surface area contributed by atoms with Gasteiger partial charge in [0, 0.05) is 13.2 Å². The fourth-order valence-corrected chi connectivity index (χ4v) is 2.31. The van der Waals surface area contributed by atoms with Crippen LogP contribution in [0.25, 0.3) is 0 Å². The third kappa shape index (κ3) is 3.45. The zero-order valence-electron chi connectivity index (χ0n) is 12.3. The van der Waals surface area contributed by atoms with Crippen molar-refractivity contribution in [2.75, 3.05) is 19.8 Å². The Hall–Kier alpha value is -0.610. The second-order valence-electron chi connectivity index (χ2n) is 5.22. The molecule has 2 atom stereocenters. The molecule has 1 amide bonds. The van der Waals surface area contributed by atoms with Gasteiger partial charge in [-0.1, -0.05) is 27.2 Å². The highest BCUT2D eigenvalue weighted by Gasteiger charge is 2.45. The largest absolute Gasteiger partial charge is 0.380 e. The Morgan fingerprint density at radius 1 is 1.33 bits per heavy atom. The molecule has 2 unspecified atom stereocenters. The van der Waals surface area contributed by atoms with E-state index in [1.54, 1.807) is 0 Å². The van der Waals surface area contributed by atoms with Crippen LogP contribution in [0, 0.1) is 0 Å². The van der Waals surface area contributed by atoms with Gasteiger partial charge in [-0.3, -0.25) is 10.1 Å². The van der Waals surface area contributed by atoms with Gasteiger partial charge in [0.25, 0.3) is 0 Å². The molecule has 0 saturated carbocycles. The zero-order valence-corrected chi connectivity index (χ0v) is 12.3. The standard InChI is InChI=1S/C14H28N2O2/c1-5-8-10-18-11-9-16-12(6-2)15-14(4,7-3)13(16)17/h12,15H,5-11H2,1-4H3. The summed E-state index contributed by atoms with van der Waals surface area (Å²) in [5.41, 5.74) is -0.385. The Kier molecular flexibility index (Phi) is 6.09. The maximum absolute atomic E-state index is 12.4. The van der Waals surface area contributed by atoms with Gasteiger partial charge in [0.15, 0.2) is 0 Å². The first-order valence-corrected chi connectivity index (χ1v) is 7.25. The van der Waals surface area contributed by atoms with Gasteiger partial charge in [0.05, 0.1) is 18.3 Å². The van der Waals surface area contributed by atoms with Gasteiger partial charge in [-0.15, -0.1) is 0 Å². The maximum atomic E-state index is 12.4. The predicted octanol–water partition coefficient (Wildman–Crippen LogP) is 2.14. The Labute approximate surface area is 111 Å². The first kappa shape index (κ1) is 15.4. The number of amides is 1. The van der Waals surface area contributed by atoms with Crippen LogP contribution in [0.2, 0.25) is 0 Å². The minimum atomic E-state index is -0.385. The van der Waals surface area contributed by atoms with E-state index in [2.05, 4.69) is 26.1 Å². The number of ether oxygens (including phenoxy) is 1. The Morgan fingerprint density at radius 3 is 2.61 bits per heavy atom. The molecular weight excluding hydrogens is 228 g/mol. The highest BCUT2D eigenvalue weighted by molar-refractivity contribution is 5.88. The monoisotopic (exact) mass is 256 g/mol. The molecule has 0 aromatic carbocycles. The second kappa shape index (κ2) is 7.10. The van der Waals surface area contributed by atoms with Crippen LogP contribution >= 0.6 is 0 Å². The van der Waals surface area contributed by atoms with E-state index in [0.717, 1.165) is 32.3 Å².